The third-order valence-electron chi connectivity index (χ3n) is 4.14. The zero-order chi connectivity index (χ0) is 12.0. The molecule has 0 aromatic carbocycles. The minimum Gasteiger partial charge on any atom is -0.385 e. The first-order chi connectivity index (χ1) is 7.62. The summed E-state index contributed by atoms with van der Waals surface area (Å²) in [5.41, 5.74) is 0.440. The van der Waals surface area contributed by atoms with Crippen LogP contribution >= 0.6 is 0 Å². The summed E-state index contributed by atoms with van der Waals surface area (Å²) in [6, 6.07) is 0.825. The summed E-state index contributed by atoms with van der Waals surface area (Å²) in [6.45, 7) is 9.17. The third kappa shape index (κ3) is 4.42. The van der Waals surface area contributed by atoms with Crippen molar-refractivity contribution < 1.29 is 4.74 Å². The Morgan fingerprint density at radius 2 is 2.12 bits per heavy atom. The smallest absolute Gasteiger partial charge is 0.0465 e. The molecular weight excluding hydrogens is 198 g/mol. The summed E-state index contributed by atoms with van der Waals surface area (Å²) >= 11 is 0. The summed E-state index contributed by atoms with van der Waals surface area (Å²) in [7, 11) is 1.80. The second-order valence-electron chi connectivity index (χ2n) is 5.74. The highest BCUT2D eigenvalue weighted by Crippen LogP contribution is 2.35. The highest BCUT2D eigenvalue weighted by atomic mass is 16.5. The summed E-state index contributed by atoms with van der Waals surface area (Å²) in [4.78, 5) is 0. The van der Waals surface area contributed by atoms with E-state index < -0.39 is 0 Å². The van der Waals surface area contributed by atoms with E-state index in [-0.39, 0.29) is 0 Å². The van der Waals surface area contributed by atoms with Crippen LogP contribution in [0.3, 0.4) is 0 Å². The van der Waals surface area contributed by atoms with Gasteiger partial charge >= 0.3 is 0 Å². The van der Waals surface area contributed by atoms with Crippen molar-refractivity contribution in [1.82, 2.24) is 5.32 Å². The Balaban J connectivity index is 2.39. The van der Waals surface area contributed by atoms with Crippen LogP contribution in [0.2, 0.25) is 0 Å². The molecular formula is C14H29NO. The van der Waals surface area contributed by atoms with Crippen LogP contribution in [0, 0.1) is 11.3 Å². The van der Waals surface area contributed by atoms with Gasteiger partial charge in [0.25, 0.3) is 0 Å². The summed E-state index contributed by atoms with van der Waals surface area (Å²) < 4.78 is 5.20. The van der Waals surface area contributed by atoms with E-state index in [4.69, 9.17) is 4.74 Å². The Hall–Kier alpha value is -0.0800. The van der Waals surface area contributed by atoms with E-state index in [1.54, 1.807) is 7.11 Å². The van der Waals surface area contributed by atoms with E-state index in [0.29, 0.717) is 5.41 Å². The first kappa shape index (κ1) is 14.0. The van der Waals surface area contributed by atoms with Crippen molar-refractivity contribution in [3.8, 4) is 0 Å². The number of ether oxygens (including phenoxy) is 1. The second kappa shape index (κ2) is 6.61. The zero-order valence-corrected chi connectivity index (χ0v) is 11.5. The van der Waals surface area contributed by atoms with Gasteiger partial charge in [-0.05, 0) is 37.0 Å². The van der Waals surface area contributed by atoms with Gasteiger partial charge in [-0.1, -0.05) is 27.2 Å². The molecule has 0 amide bonds. The molecule has 2 heteroatoms. The Kier molecular flexibility index (Phi) is 5.77. The summed E-state index contributed by atoms with van der Waals surface area (Å²) in [5, 5.41) is 3.70. The lowest BCUT2D eigenvalue weighted by molar-refractivity contribution is 0.115. The van der Waals surface area contributed by atoms with E-state index in [1.165, 1.54) is 38.6 Å². The maximum absolute atomic E-state index is 5.20. The molecule has 16 heavy (non-hydrogen) atoms. The molecule has 0 bridgehead atoms. The lowest BCUT2D eigenvalue weighted by atomic mass is 9.73. The van der Waals surface area contributed by atoms with Crippen LogP contribution in [0.5, 0.6) is 0 Å². The fraction of sp³-hybridized carbons (Fsp3) is 1.00. The van der Waals surface area contributed by atoms with Crippen molar-refractivity contribution in [2.75, 3.05) is 20.3 Å². The molecule has 0 spiro atoms. The SMILES string of the molecule is CCCC(C)(CNC1CC1)C(C)CCOC. The van der Waals surface area contributed by atoms with Crippen molar-refractivity contribution in [3.63, 3.8) is 0 Å². The van der Waals surface area contributed by atoms with Gasteiger partial charge in [0.2, 0.25) is 0 Å². The van der Waals surface area contributed by atoms with Gasteiger partial charge in [-0.15, -0.1) is 0 Å². The molecule has 1 N–H and O–H groups in total. The molecule has 2 unspecified atom stereocenters. The van der Waals surface area contributed by atoms with Crippen molar-refractivity contribution in [2.24, 2.45) is 11.3 Å². The van der Waals surface area contributed by atoms with E-state index in [0.717, 1.165) is 18.6 Å². The van der Waals surface area contributed by atoms with Crippen LogP contribution in [0.25, 0.3) is 0 Å². The fourth-order valence-corrected chi connectivity index (χ4v) is 2.39. The monoisotopic (exact) mass is 227 g/mol. The third-order valence-corrected chi connectivity index (χ3v) is 4.14. The van der Waals surface area contributed by atoms with Crippen molar-refractivity contribution in [3.05, 3.63) is 0 Å². The second-order valence-corrected chi connectivity index (χ2v) is 5.74. The Bertz CT molecular complexity index is 191. The Morgan fingerprint density at radius 3 is 2.62 bits per heavy atom. The quantitative estimate of drug-likeness (QED) is 0.653. The van der Waals surface area contributed by atoms with Crippen LogP contribution in [0.1, 0.15) is 52.9 Å². The van der Waals surface area contributed by atoms with E-state index in [2.05, 4.69) is 26.1 Å². The summed E-state index contributed by atoms with van der Waals surface area (Å²) in [5.74, 6) is 0.735. The molecule has 1 aliphatic carbocycles. The van der Waals surface area contributed by atoms with E-state index in [9.17, 15) is 0 Å². The van der Waals surface area contributed by atoms with Crippen molar-refractivity contribution >= 4 is 0 Å². The number of hydrogen-bond acceptors (Lipinski definition) is 2. The normalized spacial score (nSPS) is 21.8. The van der Waals surface area contributed by atoms with Crippen molar-refractivity contribution in [1.29, 1.82) is 0 Å². The lowest BCUT2D eigenvalue weighted by Gasteiger charge is -2.36. The molecule has 0 radical (unpaired) electrons. The van der Waals surface area contributed by atoms with Gasteiger partial charge in [-0.2, -0.15) is 0 Å². The molecule has 2 atom stereocenters. The van der Waals surface area contributed by atoms with Crippen LogP contribution in [0.15, 0.2) is 0 Å². The predicted molar refractivity (Wildman–Crippen MR) is 69.7 cm³/mol. The largest absolute Gasteiger partial charge is 0.385 e. The molecule has 1 aliphatic rings. The minimum absolute atomic E-state index is 0.440. The van der Waals surface area contributed by atoms with Gasteiger partial charge in [0.15, 0.2) is 0 Å². The van der Waals surface area contributed by atoms with Crippen LogP contribution in [-0.4, -0.2) is 26.3 Å². The first-order valence-corrected chi connectivity index (χ1v) is 6.84. The zero-order valence-electron chi connectivity index (χ0n) is 11.5. The highest BCUT2D eigenvalue weighted by Gasteiger charge is 2.32. The van der Waals surface area contributed by atoms with Crippen LogP contribution in [-0.2, 0) is 4.74 Å². The summed E-state index contributed by atoms with van der Waals surface area (Å²) in [6.07, 6.45) is 6.54. The van der Waals surface area contributed by atoms with Crippen LogP contribution in [0.4, 0.5) is 0 Å². The number of hydrogen-bond donors (Lipinski definition) is 1. The fourth-order valence-electron chi connectivity index (χ4n) is 2.39. The standard InChI is InChI=1S/C14H29NO/c1-5-9-14(3,11-15-13-6-7-13)12(2)8-10-16-4/h12-13,15H,5-11H2,1-4H3. The molecule has 0 saturated heterocycles. The van der Waals surface area contributed by atoms with Gasteiger partial charge in [0.1, 0.15) is 0 Å². The molecule has 1 rings (SSSR count). The lowest BCUT2D eigenvalue weighted by Crippen LogP contribution is -2.38. The molecule has 0 aromatic heterocycles. The molecule has 0 aliphatic heterocycles. The van der Waals surface area contributed by atoms with Gasteiger partial charge in [0, 0.05) is 26.3 Å². The number of rotatable bonds is 9. The predicted octanol–water partition coefficient (Wildman–Crippen LogP) is 3.22. The minimum atomic E-state index is 0.440. The Labute approximate surface area is 101 Å². The van der Waals surface area contributed by atoms with Gasteiger partial charge in [0.05, 0.1) is 0 Å². The molecule has 1 saturated carbocycles. The number of methoxy groups -OCH3 is 1. The average Bonchev–Trinajstić information content (AvgIpc) is 3.07. The maximum Gasteiger partial charge on any atom is 0.0465 e. The van der Waals surface area contributed by atoms with Crippen molar-refractivity contribution in [2.45, 2.75) is 58.9 Å². The maximum atomic E-state index is 5.20. The van der Waals surface area contributed by atoms with E-state index in [1.807, 2.05) is 0 Å². The molecule has 1 fully saturated rings. The number of nitrogens with one attached hydrogen (secondary N) is 1. The van der Waals surface area contributed by atoms with Gasteiger partial charge < -0.3 is 10.1 Å². The van der Waals surface area contributed by atoms with E-state index >= 15 is 0 Å². The van der Waals surface area contributed by atoms with Gasteiger partial charge in [-0.3, -0.25) is 0 Å². The van der Waals surface area contributed by atoms with Crippen LogP contribution < -0.4 is 5.32 Å². The molecule has 96 valence electrons. The molecule has 0 heterocycles. The average molecular weight is 227 g/mol. The topological polar surface area (TPSA) is 21.3 Å². The highest BCUT2D eigenvalue weighted by molar-refractivity contribution is 4.87. The molecule has 2 nitrogen and oxygen atoms in total. The Morgan fingerprint density at radius 1 is 1.44 bits per heavy atom. The molecule has 0 aromatic rings. The first-order valence-electron chi connectivity index (χ1n) is 6.84. The van der Waals surface area contributed by atoms with Gasteiger partial charge in [-0.25, -0.2) is 0 Å².